The number of amides is 1. The predicted octanol–water partition coefficient (Wildman–Crippen LogP) is 1.57. The van der Waals surface area contributed by atoms with Crippen LogP contribution >= 0.6 is 0 Å². The van der Waals surface area contributed by atoms with Crippen LogP contribution in [-0.2, 0) is 6.42 Å². The van der Waals surface area contributed by atoms with Gasteiger partial charge in [0.05, 0.1) is 11.8 Å². The Kier molecular flexibility index (Phi) is 4.53. The molecule has 1 aromatic heterocycles. The molecule has 5 nitrogen and oxygen atoms in total. The third kappa shape index (κ3) is 3.25. The minimum absolute atomic E-state index is 0.166. The lowest BCUT2D eigenvalue weighted by atomic mass is 10.1. The average molecular weight is 269 g/mol. The Morgan fingerprint density at radius 3 is 3.00 bits per heavy atom. The van der Waals surface area contributed by atoms with Gasteiger partial charge in [-0.2, -0.15) is 5.10 Å². The molecule has 2 rings (SSSR count). The number of aliphatic hydroxyl groups excluding tert-OH is 1. The fraction of sp³-hybridized carbons (Fsp3) is 0.200. The van der Waals surface area contributed by atoms with E-state index in [0.717, 1.165) is 23.2 Å². The highest BCUT2D eigenvalue weighted by Crippen LogP contribution is 2.18. The number of benzene rings is 1. The molecule has 5 heteroatoms. The molecule has 0 atom stereocenters. The van der Waals surface area contributed by atoms with E-state index in [4.69, 9.17) is 5.11 Å². The van der Waals surface area contributed by atoms with Crippen molar-refractivity contribution in [2.24, 2.45) is 0 Å². The summed E-state index contributed by atoms with van der Waals surface area (Å²) >= 11 is 0. The second-order valence-corrected chi connectivity index (χ2v) is 4.13. The van der Waals surface area contributed by atoms with Crippen LogP contribution in [0.25, 0.3) is 0 Å². The lowest BCUT2D eigenvalue weighted by Crippen LogP contribution is -2.12. The number of H-pyrrole nitrogens is 1. The number of nitrogens with zero attached hydrogens (tertiary/aromatic N) is 1. The number of aromatic nitrogens is 2. The molecule has 0 radical (unpaired) electrons. The SMILES string of the molecule is CCc1cc(C#CCO)ccc1NC(=O)c1cn[nH]c1. The van der Waals surface area contributed by atoms with Gasteiger partial charge in [0.25, 0.3) is 5.91 Å². The van der Waals surface area contributed by atoms with Gasteiger partial charge < -0.3 is 10.4 Å². The highest BCUT2D eigenvalue weighted by atomic mass is 16.2. The van der Waals surface area contributed by atoms with Crippen LogP contribution in [-0.4, -0.2) is 27.8 Å². The summed E-state index contributed by atoms with van der Waals surface area (Å²) in [5.74, 6) is 5.25. The van der Waals surface area contributed by atoms with E-state index in [1.165, 1.54) is 6.20 Å². The Morgan fingerprint density at radius 1 is 1.50 bits per heavy atom. The standard InChI is InChI=1S/C15H15N3O2/c1-2-12-8-11(4-3-7-19)5-6-14(12)18-15(20)13-9-16-17-10-13/h5-6,8-10,19H,2,7H2,1H3,(H,16,17)(H,18,20). The molecule has 1 amide bonds. The smallest absolute Gasteiger partial charge is 0.258 e. The van der Waals surface area contributed by atoms with Crippen molar-refractivity contribution in [3.8, 4) is 11.8 Å². The summed E-state index contributed by atoms with van der Waals surface area (Å²) < 4.78 is 0. The zero-order valence-electron chi connectivity index (χ0n) is 11.1. The van der Waals surface area contributed by atoms with Crippen molar-refractivity contribution >= 4 is 11.6 Å². The molecule has 0 spiro atoms. The van der Waals surface area contributed by atoms with E-state index in [-0.39, 0.29) is 12.5 Å². The van der Waals surface area contributed by atoms with Crippen LogP contribution in [0.3, 0.4) is 0 Å². The van der Waals surface area contributed by atoms with Crippen LogP contribution in [0.1, 0.15) is 28.4 Å². The summed E-state index contributed by atoms with van der Waals surface area (Å²) in [5.41, 5.74) is 3.05. The molecule has 0 fully saturated rings. The molecule has 20 heavy (non-hydrogen) atoms. The molecule has 0 aliphatic carbocycles. The lowest BCUT2D eigenvalue weighted by Gasteiger charge is -2.09. The minimum Gasteiger partial charge on any atom is -0.384 e. The molecule has 0 bridgehead atoms. The van der Waals surface area contributed by atoms with Gasteiger partial charge in [-0.1, -0.05) is 18.8 Å². The van der Waals surface area contributed by atoms with Crippen molar-refractivity contribution in [1.29, 1.82) is 0 Å². The van der Waals surface area contributed by atoms with E-state index in [1.807, 2.05) is 25.1 Å². The van der Waals surface area contributed by atoms with Crippen LogP contribution in [0.15, 0.2) is 30.6 Å². The first-order chi connectivity index (χ1) is 9.74. The van der Waals surface area contributed by atoms with Crippen molar-refractivity contribution in [3.63, 3.8) is 0 Å². The average Bonchev–Trinajstić information content (AvgIpc) is 3.00. The molecule has 0 unspecified atom stereocenters. The first-order valence-corrected chi connectivity index (χ1v) is 6.27. The van der Waals surface area contributed by atoms with Gasteiger partial charge in [-0.15, -0.1) is 0 Å². The Bertz CT molecular complexity index is 651. The second-order valence-electron chi connectivity index (χ2n) is 4.13. The number of hydrogen-bond donors (Lipinski definition) is 3. The Morgan fingerprint density at radius 2 is 2.35 bits per heavy atom. The van der Waals surface area contributed by atoms with Crippen molar-refractivity contribution in [2.75, 3.05) is 11.9 Å². The van der Waals surface area contributed by atoms with Gasteiger partial charge in [0.15, 0.2) is 0 Å². The van der Waals surface area contributed by atoms with Crippen LogP contribution < -0.4 is 5.32 Å². The van der Waals surface area contributed by atoms with Crippen molar-refractivity contribution in [1.82, 2.24) is 10.2 Å². The van der Waals surface area contributed by atoms with Gasteiger partial charge >= 0.3 is 0 Å². The topological polar surface area (TPSA) is 78.0 Å². The zero-order valence-corrected chi connectivity index (χ0v) is 11.1. The summed E-state index contributed by atoms with van der Waals surface area (Å²) in [6, 6.07) is 5.54. The molecule has 3 N–H and O–H groups in total. The molecule has 0 saturated carbocycles. The molecular weight excluding hydrogens is 254 g/mol. The van der Waals surface area contributed by atoms with Crippen LogP contribution in [0.5, 0.6) is 0 Å². The summed E-state index contributed by atoms with van der Waals surface area (Å²) in [6.45, 7) is 1.84. The number of aryl methyl sites for hydroxylation is 1. The molecule has 0 aliphatic rings. The Balaban J connectivity index is 2.21. The van der Waals surface area contributed by atoms with E-state index >= 15 is 0 Å². The maximum atomic E-state index is 12.0. The second kappa shape index (κ2) is 6.55. The number of aliphatic hydroxyl groups is 1. The number of rotatable bonds is 3. The molecule has 0 aliphatic heterocycles. The number of carbonyl (C=O) groups excluding carboxylic acids is 1. The number of aromatic amines is 1. The number of hydrogen-bond acceptors (Lipinski definition) is 3. The monoisotopic (exact) mass is 269 g/mol. The number of carbonyl (C=O) groups is 1. The van der Waals surface area contributed by atoms with Crippen LogP contribution in [0, 0.1) is 11.8 Å². The molecule has 0 saturated heterocycles. The number of anilines is 1. The fourth-order valence-corrected chi connectivity index (χ4v) is 1.80. The van der Waals surface area contributed by atoms with E-state index < -0.39 is 0 Å². The minimum atomic E-state index is -0.206. The quantitative estimate of drug-likeness (QED) is 0.740. The summed E-state index contributed by atoms with van der Waals surface area (Å²) in [4.78, 5) is 12.0. The van der Waals surface area contributed by atoms with Crippen LogP contribution in [0.4, 0.5) is 5.69 Å². The highest BCUT2D eigenvalue weighted by molar-refractivity contribution is 6.04. The van der Waals surface area contributed by atoms with Gasteiger partial charge in [0, 0.05) is 17.4 Å². The Hall–Kier alpha value is -2.58. The van der Waals surface area contributed by atoms with Gasteiger partial charge in [-0.3, -0.25) is 9.89 Å². The fourth-order valence-electron chi connectivity index (χ4n) is 1.80. The normalized spacial score (nSPS) is 9.70. The molecule has 2 aromatic rings. The molecule has 1 heterocycles. The highest BCUT2D eigenvalue weighted by Gasteiger charge is 2.09. The molecule has 1 aromatic carbocycles. The first kappa shape index (κ1) is 13.8. The van der Waals surface area contributed by atoms with Crippen LogP contribution in [0.2, 0.25) is 0 Å². The summed E-state index contributed by atoms with van der Waals surface area (Å²) in [6.07, 6.45) is 3.79. The van der Waals surface area contributed by atoms with E-state index in [0.29, 0.717) is 5.56 Å². The molecular formula is C15H15N3O2. The summed E-state index contributed by atoms with van der Waals surface area (Å²) in [7, 11) is 0. The Labute approximate surface area is 117 Å². The maximum absolute atomic E-state index is 12.0. The van der Waals surface area contributed by atoms with Crippen molar-refractivity contribution in [3.05, 3.63) is 47.3 Å². The molecule has 102 valence electrons. The third-order valence-corrected chi connectivity index (χ3v) is 2.81. The van der Waals surface area contributed by atoms with E-state index in [9.17, 15) is 4.79 Å². The largest absolute Gasteiger partial charge is 0.384 e. The van der Waals surface area contributed by atoms with Crippen molar-refractivity contribution in [2.45, 2.75) is 13.3 Å². The van der Waals surface area contributed by atoms with Gasteiger partial charge in [-0.25, -0.2) is 0 Å². The lowest BCUT2D eigenvalue weighted by molar-refractivity contribution is 0.102. The van der Waals surface area contributed by atoms with Gasteiger partial charge in [0.1, 0.15) is 6.61 Å². The maximum Gasteiger partial charge on any atom is 0.258 e. The van der Waals surface area contributed by atoms with Gasteiger partial charge in [-0.05, 0) is 30.2 Å². The third-order valence-electron chi connectivity index (χ3n) is 2.81. The predicted molar refractivity (Wildman–Crippen MR) is 76.3 cm³/mol. The first-order valence-electron chi connectivity index (χ1n) is 6.27. The van der Waals surface area contributed by atoms with Crippen molar-refractivity contribution < 1.29 is 9.90 Å². The zero-order chi connectivity index (χ0) is 14.4. The van der Waals surface area contributed by atoms with E-state index in [1.54, 1.807) is 6.20 Å². The van der Waals surface area contributed by atoms with E-state index in [2.05, 4.69) is 27.4 Å². The number of nitrogens with one attached hydrogen (secondary N) is 2. The van der Waals surface area contributed by atoms with Gasteiger partial charge in [0.2, 0.25) is 0 Å². The summed E-state index contributed by atoms with van der Waals surface area (Å²) in [5, 5.41) is 17.9.